The summed E-state index contributed by atoms with van der Waals surface area (Å²) in [6.07, 6.45) is 2.39. The smallest absolute Gasteiger partial charge is 0.235 e. The standard InChI is InChI=1S/C23H24N6O2S2/c1-4-20(31)29(17-10-11-17)22-26-27-23(33-22)32-13-19(30)25-21-18(12-24)14(2)15(3)28(21)16-8-6-5-7-9-16/h5-9,17H,4,10-11,13H2,1-3H3,(H,25,30). The van der Waals surface area contributed by atoms with Crippen molar-refractivity contribution < 1.29 is 9.59 Å². The van der Waals surface area contributed by atoms with Gasteiger partial charge in [-0.1, -0.05) is 48.2 Å². The van der Waals surface area contributed by atoms with Gasteiger partial charge in [-0.15, -0.1) is 10.2 Å². The van der Waals surface area contributed by atoms with Crippen LogP contribution >= 0.6 is 23.1 Å². The molecule has 8 nitrogen and oxygen atoms in total. The molecule has 2 heterocycles. The van der Waals surface area contributed by atoms with Gasteiger partial charge in [-0.2, -0.15) is 5.26 Å². The van der Waals surface area contributed by atoms with Crippen LogP contribution in [0.5, 0.6) is 0 Å². The molecule has 4 rings (SSSR count). The maximum absolute atomic E-state index is 12.8. The minimum absolute atomic E-state index is 0.0411. The molecular weight excluding hydrogens is 456 g/mol. The summed E-state index contributed by atoms with van der Waals surface area (Å²) in [4.78, 5) is 26.8. The average molecular weight is 481 g/mol. The minimum Gasteiger partial charge on any atom is -0.310 e. The molecule has 0 spiro atoms. The van der Waals surface area contributed by atoms with Gasteiger partial charge < -0.3 is 5.32 Å². The summed E-state index contributed by atoms with van der Waals surface area (Å²) in [5.74, 6) is 0.379. The Bertz CT molecular complexity index is 1220. The molecule has 1 aromatic carbocycles. The number of hydrogen-bond acceptors (Lipinski definition) is 7. The molecule has 0 atom stereocenters. The first-order chi connectivity index (χ1) is 15.9. The van der Waals surface area contributed by atoms with E-state index in [1.165, 1.54) is 23.1 Å². The molecule has 1 fully saturated rings. The lowest BCUT2D eigenvalue weighted by molar-refractivity contribution is -0.118. The molecule has 1 aliphatic rings. The van der Waals surface area contributed by atoms with Crippen LogP contribution in [0.25, 0.3) is 5.69 Å². The SMILES string of the molecule is CCC(=O)N(c1nnc(SCC(=O)Nc2c(C#N)c(C)c(C)n2-c2ccccc2)s1)C1CC1. The number of anilines is 2. The normalized spacial score (nSPS) is 12.9. The third-order valence-electron chi connectivity index (χ3n) is 5.51. The van der Waals surface area contributed by atoms with E-state index in [9.17, 15) is 14.9 Å². The van der Waals surface area contributed by atoms with Gasteiger partial charge in [0.05, 0.1) is 11.3 Å². The van der Waals surface area contributed by atoms with Crippen LogP contribution in [0, 0.1) is 25.2 Å². The first kappa shape index (κ1) is 23.0. The van der Waals surface area contributed by atoms with E-state index in [1.807, 2.05) is 55.7 Å². The summed E-state index contributed by atoms with van der Waals surface area (Å²) in [7, 11) is 0. The molecule has 170 valence electrons. The third kappa shape index (κ3) is 4.79. The Morgan fingerprint density at radius 1 is 1.27 bits per heavy atom. The maximum atomic E-state index is 12.8. The zero-order valence-corrected chi connectivity index (χ0v) is 20.3. The first-order valence-electron chi connectivity index (χ1n) is 10.7. The van der Waals surface area contributed by atoms with Crippen LogP contribution in [0.4, 0.5) is 10.9 Å². The van der Waals surface area contributed by atoms with Crippen molar-refractivity contribution in [1.29, 1.82) is 5.26 Å². The van der Waals surface area contributed by atoms with Crippen molar-refractivity contribution in [3.05, 3.63) is 47.2 Å². The van der Waals surface area contributed by atoms with Crippen LogP contribution in [0.2, 0.25) is 0 Å². The monoisotopic (exact) mass is 480 g/mol. The Morgan fingerprint density at radius 3 is 2.64 bits per heavy atom. The second-order valence-electron chi connectivity index (χ2n) is 7.75. The molecule has 1 saturated carbocycles. The zero-order valence-electron chi connectivity index (χ0n) is 18.7. The Labute approximate surface area is 200 Å². The lowest BCUT2D eigenvalue weighted by Gasteiger charge is -2.17. The molecule has 33 heavy (non-hydrogen) atoms. The summed E-state index contributed by atoms with van der Waals surface area (Å²) in [5.41, 5.74) is 3.05. The molecular formula is C23H24N6O2S2. The van der Waals surface area contributed by atoms with Gasteiger partial charge in [-0.3, -0.25) is 19.1 Å². The van der Waals surface area contributed by atoms with E-state index < -0.39 is 0 Å². The van der Waals surface area contributed by atoms with E-state index in [0.717, 1.165) is 29.8 Å². The van der Waals surface area contributed by atoms with Crippen molar-refractivity contribution in [3.63, 3.8) is 0 Å². The van der Waals surface area contributed by atoms with Gasteiger partial charge in [-0.05, 0) is 44.4 Å². The zero-order chi connectivity index (χ0) is 23.5. The number of carbonyl (C=O) groups excluding carboxylic acids is 2. The summed E-state index contributed by atoms with van der Waals surface area (Å²) in [6, 6.07) is 12.1. The number of aromatic nitrogens is 3. The predicted octanol–water partition coefficient (Wildman–Crippen LogP) is 4.45. The van der Waals surface area contributed by atoms with Gasteiger partial charge in [0.25, 0.3) is 0 Å². The van der Waals surface area contributed by atoms with E-state index >= 15 is 0 Å². The lowest BCUT2D eigenvalue weighted by atomic mass is 10.2. The van der Waals surface area contributed by atoms with Crippen LogP contribution in [-0.4, -0.2) is 38.4 Å². The number of nitriles is 1. The number of nitrogens with one attached hydrogen (secondary N) is 1. The van der Waals surface area contributed by atoms with Gasteiger partial charge in [0, 0.05) is 23.8 Å². The second-order valence-corrected chi connectivity index (χ2v) is 9.93. The predicted molar refractivity (Wildman–Crippen MR) is 130 cm³/mol. The van der Waals surface area contributed by atoms with Gasteiger partial charge in [-0.25, -0.2) is 0 Å². The molecule has 1 N–H and O–H groups in total. The molecule has 10 heteroatoms. The number of amides is 2. The van der Waals surface area contributed by atoms with Gasteiger partial charge in [0.15, 0.2) is 4.34 Å². The molecule has 1 aliphatic carbocycles. The van der Waals surface area contributed by atoms with Crippen LogP contribution < -0.4 is 10.2 Å². The largest absolute Gasteiger partial charge is 0.310 e. The fourth-order valence-electron chi connectivity index (χ4n) is 3.58. The number of carbonyl (C=O) groups is 2. The summed E-state index contributed by atoms with van der Waals surface area (Å²) < 4.78 is 2.52. The molecule has 0 bridgehead atoms. The highest BCUT2D eigenvalue weighted by molar-refractivity contribution is 8.01. The van der Waals surface area contributed by atoms with Crippen LogP contribution in [0.3, 0.4) is 0 Å². The van der Waals surface area contributed by atoms with Gasteiger partial charge in [0.2, 0.25) is 16.9 Å². The number of benzene rings is 1. The lowest BCUT2D eigenvalue weighted by Crippen LogP contribution is -2.32. The van der Waals surface area contributed by atoms with E-state index in [1.54, 1.807) is 4.90 Å². The molecule has 0 radical (unpaired) electrons. The molecule has 2 amide bonds. The highest BCUT2D eigenvalue weighted by Gasteiger charge is 2.35. The minimum atomic E-state index is -0.244. The number of nitrogens with zero attached hydrogens (tertiary/aromatic N) is 5. The number of thioether (sulfide) groups is 1. The quantitative estimate of drug-likeness (QED) is 0.377. The molecule has 0 unspecified atom stereocenters. The topological polar surface area (TPSA) is 104 Å². The molecule has 2 aromatic heterocycles. The van der Waals surface area contributed by atoms with Crippen LogP contribution in [0.1, 0.15) is 43.0 Å². The summed E-state index contributed by atoms with van der Waals surface area (Å²) in [6.45, 7) is 5.65. The van der Waals surface area contributed by atoms with Crippen molar-refractivity contribution in [2.45, 2.75) is 50.4 Å². The number of para-hydroxylation sites is 1. The van der Waals surface area contributed by atoms with Crippen molar-refractivity contribution in [3.8, 4) is 11.8 Å². The molecule has 3 aromatic rings. The molecule has 0 saturated heterocycles. The van der Waals surface area contributed by atoms with Crippen LogP contribution in [0.15, 0.2) is 34.7 Å². The van der Waals surface area contributed by atoms with E-state index in [2.05, 4.69) is 21.6 Å². The van der Waals surface area contributed by atoms with Gasteiger partial charge >= 0.3 is 0 Å². The van der Waals surface area contributed by atoms with E-state index in [-0.39, 0.29) is 23.6 Å². The Hall–Kier alpha value is -3.16. The Morgan fingerprint density at radius 2 is 2.00 bits per heavy atom. The Kier molecular flexibility index (Phi) is 6.81. The van der Waals surface area contributed by atoms with Crippen molar-refractivity contribution >= 4 is 45.9 Å². The van der Waals surface area contributed by atoms with Gasteiger partial charge in [0.1, 0.15) is 11.9 Å². The van der Waals surface area contributed by atoms with Crippen LogP contribution in [-0.2, 0) is 9.59 Å². The second kappa shape index (κ2) is 9.77. The highest BCUT2D eigenvalue weighted by atomic mass is 32.2. The van der Waals surface area contributed by atoms with Crippen molar-refractivity contribution in [2.75, 3.05) is 16.0 Å². The fourth-order valence-corrected chi connectivity index (χ4v) is 5.31. The number of hydrogen-bond donors (Lipinski definition) is 1. The van der Waals surface area contributed by atoms with E-state index in [4.69, 9.17) is 0 Å². The fraction of sp³-hybridized carbons (Fsp3) is 0.348. The highest BCUT2D eigenvalue weighted by Crippen LogP contribution is 2.36. The summed E-state index contributed by atoms with van der Waals surface area (Å²) in [5, 5.41) is 21.5. The molecule has 0 aliphatic heterocycles. The third-order valence-corrected chi connectivity index (χ3v) is 7.57. The van der Waals surface area contributed by atoms with E-state index in [0.29, 0.717) is 27.3 Å². The van der Waals surface area contributed by atoms with Crippen molar-refractivity contribution in [1.82, 2.24) is 14.8 Å². The average Bonchev–Trinajstić information content (AvgIpc) is 3.49. The maximum Gasteiger partial charge on any atom is 0.235 e. The summed E-state index contributed by atoms with van der Waals surface area (Å²) >= 11 is 2.59. The van der Waals surface area contributed by atoms with Crippen molar-refractivity contribution in [2.24, 2.45) is 0 Å². The first-order valence-corrected chi connectivity index (χ1v) is 12.5. The Balaban J connectivity index is 1.48. The number of rotatable bonds is 8.